The summed E-state index contributed by atoms with van der Waals surface area (Å²) in [4.78, 5) is 22.9. The molecule has 0 saturated heterocycles. The molecule has 18 unspecified atom stereocenters. The summed E-state index contributed by atoms with van der Waals surface area (Å²) < 4.78 is 15.2. The summed E-state index contributed by atoms with van der Waals surface area (Å²) in [5, 5.41) is 110. The van der Waals surface area contributed by atoms with Crippen molar-refractivity contribution in [3.63, 3.8) is 0 Å². The molecule has 0 bridgehead atoms. The second-order valence-electron chi connectivity index (χ2n) is 22.9. The van der Waals surface area contributed by atoms with Gasteiger partial charge in [-0.25, -0.2) is 9.59 Å². The van der Waals surface area contributed by atoms with Crippen LogP contribution < -0.4 is 4.74 Å². The Bertz CT molecular complexity index is 1890. The highest BCUT2D eigenvalue weighted by Crippen LogP contribution is 2.38. The van der Waals surface area contributed by atoms with E-state index < -0.39 is 74.0 Å². The Morgan fingerprint density at radius 2 is 0.963 bits per heavy atom. The Kier molecular flexibility index (Phi) is 40.2. The number of aliphatic hydroxyl groups is 12. The normalized spacial score (nSPS) is 25.9. The third-order valence-corrected chi connectivity index (χ3v) is 18.4. The molecule has 18 atom stereocenters. The van der Waals surface area contributed by atoms with E-state index in [4.69, 9.17) is 50.0 Å². The minimum Gasteiger partial charge on any atom is -0.491 e. The van der Waals surface area contributed by atoms with E-state index in [0.717, 1.165) is 63.5 Å². The van der Waals surface area contributed by atoms with E-state index in [1.165, 1.54) is 30.4 Å². The first-order valence-corrected chi connectivity index (χ1v) is 31.2. The number of carbonyl (C=O) groups excluding carboxylic acids is 2. The summed E-state index contributed by atoms with van der Waals surface area (Å²) in [6.45, 7) is 20.2. The van der Waals surface area contributed by atoms with Crippen LogP contribution in [0.3, 0.4) is 0 Å². The van der Waals surface area contributed by atoms with E-state index in [2.05, 4.69) is 69.2 Å². The largest absolute Gasteiger partial charge is 0.491 e. The first-order valence-electron chi connectivity index (χ1n) is 30.2. The van der Waals surface area contributed by atoms with Crippen LogP contribution in [0.5, 0.6) is 5.75 Å². The molecule has 81 heavy (non-hydrogen) atoms. The van der Waals surface area contributed by atoms with Gasteiger partial charge in [0.1, 0.15) is 37.3 Å². The maximum absolute atomic E-state index is 11.6. The molecule has 0 spiro atoms. The number of benzene rings is 2. The molecule has 17 nitrogen and oxygen atoms in total. The van der Waals surface area contributed by atoms with E-state index in [9.17, 15) is 35.1 Å². The van der Waals surface area contributed by atoms with Crippen LogP contribution in [0.1, 0.15) is 192 Å². The maximum Gasteiger partial charge on any atom is 0.338 e. The van der Waals surface area contributed by atoms with Gasteiger partial charge >= 0.3 is 11.9 Å². The van der Waals surface area contributed by atoms with Crippen molar-refractivity contribution in [2.75, 3.05) is 45.4 Å². The van der Waals surface area contributed by atoms with Crippen LogP contribution in [0.25, 0.3) is 0 Å². The minimum absolute atomic E-state index is 0.124. The van der Waals surface area contributed by atoms with Crippen molar-refractivity contribution in [2.24, 2.45) is 35.5 Å². The Hall–Kier alpha value is -2.95. The van der Waals surface area contributed by atoms with Crippen LogP contribution in [0.15, 0.2) is 48.5 Å². The lowest BCUT2D eigenvalue weighted by molar-refractivity contribution is -0.170. The molecule has 470 valence electrons. The van der Waals surface area contributed by atoms with Gasteiger partial charge in [-0.15, -0.1) is 0 Å². The van der Waals surface area contributed by atoms with Crippen molar-refractivity contribution in [1.82, 2.24) is 0 Å². The summed E-state index contributed by atoms with van der Waals surface area (Å²) in [5.41, 5.74) is 2.93. The second-order valence-corrected chi connectivity index (χ2v) is 24.2. The first kappa shape index (κ1) is 76.1. The SMILES string of the molecule is CCC(C)C1CCC(O)C(O)C1.CCC(C)C1CCC(OC(=O)C(O)CO)C(O)C1.CCC(C)C1CCC(SCC(O)CO)C(O)C1.CCC(C)c1ccc(C(=O)OCC(O)CO)cc1.CCC(C)c1ccc(OCC(O)CO)cc1. The van der Waals surface area contributed by atoms with Gasteiger partial charge in [0.25, 0.3) is 0 Å². The van der Waals surface area contributed by atoms with Crippen molar-refractivity contribution < 1.29 is 85.1 Å². The van der Waals surface area contributed by atoms with Crippen molar-refractivity contribution >= 4 is 23.7 Å². The quantitative estimate of drug-likeness (QED) is 0.0434. The summed E-state index contributed by atoms with van der Waals surface area (Å²) in [5.74, 6) is 4.58. The molecule has 5 rings (SSSR count). The number of esters is 2. The fourth-order valence-electron chi connectivity index (χ4n) is 9.80. The van der Waals surface area contributed by atoms with Gasteiger partial charge in [-0.3, -0.25) is 0 Å². The van der Waals surface area contributed by atoms with Crippen LogP contribution in [-0.4, -0.2) is 179 Å². The number of carbonyl (C=O) groups is 2. The molecule has 12 N–H and O–H groups in total. The summed E-state index contributed by atoms with van der Waals surface area (Å²) in [6, 6.07) is 15.1. The van der Waals surface area contributed by atoms with Crippen LogP contribution in [0.2, 0.25) is 0 Å². The topological polar surface area (TPSA) is 305 Å². The molecule has 3 saturated carbocycles. The fourth-order valence-corrected chi connectivity index (χ4v) is 11.0. The zero-order chi connectivity index (χ0) is 61.2. The zero-order valence-electron chi connectivity index (χ0n) is 50.7. The minimum atomic E-state index is -1.51. The first-order chi connectivity index (χ1) is 38.5. The molecule has 18 heteroatoms. The molecule has 2 aromatic rings. The molecular formula is C63H110O17S. The Labute approximate surface area is 489 Å². The molecule has 2 aromatic carbocycles. The number of hydrogen-bond donors (Lipinski definition) is 12. The van der Waals surface area contributed by atoms with Crippen molar-refractivity contribution in [1.29, 1.82) is 0 Å². The van der Waals surface area contributed by atoms with Gasteiger partial charge in [0.15, 0.2) is 6.10 Å². The summed E-state index contributed by atoms with van der Waals surface area (Å²) in [6.07, 6.45) is 7.06. The third-order valence-electron chi connectivity index (χ3n) is 16.8. The van der Waals surface area contributed by atoms with Crippen molar-refractivity contribution in [2.45, 2.75) is 231 Å². The van der Waals surface area contributed by atoms with Crippen molar-refractivity contribution in [3.05, 3.63) is 65.2 Å². The molecule has 0 heterocycles. The lowest BCUT2D eigenvalue weighted by atomic mass is 9.77. The molecule has 0 aromatic heterocycles. The summed E-state index contributed by atoms with van der Waals surface area (Å²) >= 11 is 1.60. The number of hydrogen-bond acceptors (Lipinski definition) is 18. The Morgan fingerprint density at radius 1 is 0.519 bits per heavy atom. The molecule has 3 aliphatic carbocycles. The number of aliphatic hydroxyl groups excluding tert-OH is 12. The van der Waals surface area contributed by atoms with Crippen LogP contribution >= 0.6 is 11.8 Å². The molecular weight excluding hydrogens is 1060 g/mol. The molecule has 3 aliphatic rings. The van der Waals surface area contributed by atoms with Crippen LogP contribution in [-0.2, 0) is 14.3 Å². The highest BCUT2D eigenvalue weighted by Gasteiger charge is 2.35. The van der Waals surface area contributed by atoms with Gasteiger partial charge < -0.3 is 75.5 Å². The van der Waals surface area contributed by atoms with E-state index >= 15 is 0 Å². The number of thioether (sulfide) groups is 1. The highest BCUT2D eigenvalue weighted by atomic mass is 32.2. The zero-order valence-corrected chi connectivity index (χ0v) is 51.5. The monoisotopic (exact) mass is 1170 g/mol. The van der Waals surface area contributed by atoms with E-state index in [-0.39, 0.29) is 37.8 Å². The number of rotatable bonds is 25. The molecule has 0 amide bonds. The van der Waals surface area contributed by atoms with Gasteiger partial charge in [-0.2, -0.15) is 11.8 Å². The molecule has 0 radical (unpaired) electrons. The van der Waals surface area contributed by atoms with Gasteiger partial charge in [-0.05, 0) is 153 Å². The lowest BCUT2D eigenvalue weighted by Crippen LogP contribution is -2.41. The number of ether oxygens (including phenoxy) is 3. The predicted molar refractivity (Wildman–Crippen MR) is 319 cm³/mol. The molecule has 0 aliphatic heterocycles. The summed E-state index contributed by atoms with van der Waals surface area (Å²) in [7, 11) is 0. The lowest BCUT2D eigenvalue weighted by Gasteiger charge is -2.35. The Balaban J connectivity index is 0.000000509. The van der Waals surface area contributed by atoms with Gasteiger partial charge in [0.05, 0.1) is 62.5 Å². The van der Waals surface area contributed by atoms with Gasteiger partial charge in [0, 0.05) is 11.0 Å². The highest BCUT2D eigenvalue weighted by molar-refractivity contribution is 8.00. The van der Waals surface area contributed by atoms with Crippen LogP contribution in [0, 0.1) is 35.5 Å². The predicted octanol–water partition coefficient (Wildman–Crippen LogP) is 7.30. The van der Waals surface area contributed by atoms with E-state index in [0.29, 0.717) is 71.5 Å². The maximum atomic E-state index is 11.6. The van der Waals surface area contributed by atoms with Gasteiger partial charge in [-0.1, -0.05) is 113 Å². The second kappa shape index (κ2) is 42.8. The smallest absolute Gasteiger partial charge is 0.338 e. The average Bonchev–Trinajstić information content (AvgIpc) is 3.51. The van der Waals surface area contributed by atoms with Crippen molar-refractivity contribution in [3.8, 4) is 5.75 Å². The van der Waals surface area contributed by atoms with Gasteiger partial charge in [0.2, 0.25) is 0 Å². The standard InChI is InChI=1S/C14H20O4.C13H24O5.C13H26O3S.C13H20O3.C10H20O2/c1-3-10(2)11-4-6-12(7-5-11)14(17)18-9-13(16)8-15;1-3-8(2)9-4-5-12(10(15)6-9)18-13(17)11(16)7-14;1-3-9(2)10-4-5-13(12(16)6-10)17-8-11(15)7-14;1-3-10(2)11-4-6-13(7-5-11)16-9-12(15)8-14;1-3-7(2)8-4-5-9(11)10(12)6-8/h4-7,10,13,15-16H,3,8-9H2,1-2H3;8-12,14-16H,3-7H2,1-2H3;9-16H,3-8H2,1-2H3;4-7,10,12,14-15H,3,8-9H2,1-2H3;7-12H,3-6H2,1-2H3. The van der Waals surface area contributed by atoms with Crippen LogP contribution in [0.4, 0.5) is 0 Å². The third kappa shape index (κ3) is 29.6. The Morgan fingerprint density at radius 3 is 1.40 bits per heavy atom. The average molecular weight is 1170 g/mol. The van der Waals surface area contributed by atoms with E-state index in [1.807, 2.05) is 36.4 Å². The fraction of sp³-hybridized carbons (Fsp3) is 0.778. The molecule has 3 fully saturated rings. The van der Waals surface area contributed by atoms with E-state index in [1.54, 1.807) is 23.9 Å².